The molecular formula is C24H20N6O3. The maximum absolute atomic E-state index is 11.1. The predicted molar refractivity (Wildman–Crippen MR) is 122 cm³/mol. The van der Waals surface area contributed by atoms with E-state index in [1.807, 2.05) is 12.1 Å². The minimum absolute atomic E-state index is 0.00170. The third kappa shape index (κ3) is 3.80. The van der Waals surface area contributed by atoms with E-state index in [2.05, 4.69) is 64.3 Å². The van der Waals surface area contributed by atoms with E-state index in [0.29, 0.717) is 17.6 Å². The molecule has 9 heteroatoms. The Morgan fingerprint density at radius 3 is 2.48 bits per heavy atom. The van der Waals surface area contributed by atoms with E-state index < -0.39 is 5.97 Å². The third-order valence-corrected chi connectivity index (χ3v) is 5.47. The number of fused-ring (bicyclic) bond motifs is 1. The Bertz CT molecular complexity index is 1500. The molecule has 3 aromatic heterocycles. The SMILES string of the molecule is Cc1ccc(-c2ccc(Cn3ncc4nc(-n5cc(C(=O)O)cn5)nc(O)c43)cc2)c(C)c1. The first-order valence-corrected chi connectivity index (χ1v) is 10.3. The number of aromatic carboxylic acids is 1. The molecule has 0 aliphatic rings. The average molecular weight is 440 g/mol. The van der Waals surface area contributed by atoms with Crippen LogP contribution < -0.4 is 0 Å². The van der Waals surface area contributed by atoms with Gasteiger partial charge in [0.05, 0.1) is 24.5 Å². The molecule has 2 N–H and O–H groups in total. The molecule has 5 rings (SSSR count). The van der Waals surface area contributed by atoms with Crippen molar-refractivity contribution in [1.29, 1.82) is 0 Å². The fraction of sp³-hybridized carbons (Fsp3) is 0.125. The summed E-state index contributed by atoms with van der Waals surface area (Å²) in [5.41, 5.74) is 6.62. The Hall–Kier alpha value is -4.53. The predicted octanol–water partition coefficient (Wildman–Crippen LogP) is 3.75. The second-order valence-corrected chi connectivity index (χ2v) is 7.88. The number of aromatic hydroxyl groups is 1. The molecule has 0 aliphatic carbocycles. The van der Waals surface area contributed by atoms with Crippen LogP contribution in [-0.2, 0) is 6.54 Å². The second kappa shape index (κ2) is 7.86. The van der Waals surface area contributed by atoms with Crippen LogP contribution in [0.4, 0.5) is 0 Å². The number of hydrogen-bond donors (Lipinski definition) is 2. The van der Waals surface area contributed by atoms with Gasteiger partial charge in [-0.05, 0) is 36.1 Å². The van der Waals surface area contributed by atoms with Crippen molar-refractivity contribution in [2.24, 2.45) is 0 Å². The van der Waals surface area contributed by atoms with Gasteiger partial charge in [-0.2, -0.15) is 15.2 Å². The molecule has 0 unspecified atom stereocenters. The van der Waals surface area contributed by atoms with Crippen molar-refractivity contribution in [1.82, 2.24) is 29.5 Å². The number of carboxylic acids is 1. The number of rotatable bonds is 5. The summed E-state index contributed by atoms with van der Waals surface area (Å²) in [6, 6.07) is 14.6. The molecule has 0 radical (unpaired) electrons. The molecule has 0 spiro atoms. The molecule has 0 bridgehead atoms. The van der Waals surface area contributed by atoms with Crippen LogP contribution in [-0.4, -0.2) is 45.7 Å². The van der Waals surface area contributed by atoms with Crippen molar-refractivity contribution >= 4 is 17.0 Å². The molecule has 0 saturated carbocycles. The van der Waals surface area contributed by atoms with Crippen molar-refractivity contribution in [2.45, 2.75) is 20.4 Å². The first kappa shape index (κ1) is 20.4. The van der Waals surface area contributed by atoms with Gasteiger partial charge < -0.3 is 10.2 Å². The van der Waals surface area contributed by atoms with Gasteiger partial charge in [0.15, 0.2) is 0 Å². The Morgan fingerprint density at radius 2 is 1.79 bits per heavy atom. The zero-order chi connectivity index (χ0) is 23.1. The van der Waals surface area contributed by atoms with Gasteiger partial charge in [-0.25, -0.2) is 14.5 Å². The monoisotopic (exact) mass is 440 g/mol. The maximum atomic E-state index is 11.1. The number of benzene rings is 2. The minimum Gasteiger partial charge on any atom is -0.492 e. The second-order valence-electron chi connectivity index (χ2n) is 7.88. The molecule has 2 aromatic carbocycles. The van der Waals surface area contributed by atoms with Gasteiger partial charge in [0.25, 0.3) is 5.95 Å². The van der Waals surface area contributed by atoms with Gasteiger partial charge in [-0.3, -0.25) is 4.68 Å². The standard InChI is InChI=1S/C24H20N6O3/c1-14-3-8-19(15(2)9-14)17-6-4-16(5-7-17)12-29-21-20(11-26-29)27-24(28-22(21)31)30-13-18(10-25-30)23(32)33/h3-11,13H,12H2,1-2H3,(H,32,33)(H,27,28,31). The first-order valence-electron chi connectivity index (χ1n) is 10.3. The highest BCUT2D eigenvalue weighted by atomic mass is 16.4. The Labute approximate surface area is 188 Å². The van der Waals surface area contributed by atoms with Gasteiger partial charge in [0.2, 0.25) is 5.88 Å². The zero-order valence-corrected chi connectivity index (χ0v) is 18.0. The highest BCUT2D eigenvalue weighted by Crippen LogP contribution is 2.26. The molecule has 0 atom stereocenters. The van der Waals surface area contributed by atoms with E-state index in [-0.39, 0.29) is 17.4 Å². The third-order valence-electron chi connectivity index (χ3n) is 5.47. The van der Waals surface area contributed by atoms with Crippen LogP contribution in [0.15, 0.2) is 61.1 Å². The van der Waals surface area contributed by atoms with Crippen molar-refractivity contribution in [3.05, 3.63) is 83.3 Å². The quantitative estimate of drug-likeness (QED) is 0.427. The molecule has 0 aliphatic heterocycles. The number of aryl methyl sites for hydroxylation is 2. The number of nitrogens with zero attached hydrogens (tertiary/aromatic N) is 6. The van der Waals surface area contributed by atoms with Gasteiger partial charge in [0, 0.05) is 6.20 Å². The molecular weight excluding hydrogens is 420 g/mol. The Kier molecular flexibility index (Phi) is 4.86. The summed E-state index contributed by atoms with van der Waals surface area (Å²) in [5, 5.41) is 27.9. The summed E-state index contributed by atoms with van der Waals surface area (Å²) in [4.78, 5) is 19.5. The molecule has 33 heavy (non-hydrogen) atoms. The number of hydrogen-bond acceptors (Lipinski definition) is 6. The fourth-order valence-electron chi connectivity index (χ4n) is 3.83. The summed E-state index contributed by atoms with van der Waals surface area (Å²) in [6.45, 7) is 4.62. The smallest absolute Gasteiger partial charge is 0.338 e. The van der Waals surface area contributed by atoms with Gasteiger partial charge in [0.1, 0.15) is 11.0 Å². The number of carboxylic acid groups (broad SMARTS) is 1. The molecule has 164 valence electrons. The molecule has 9 nitrogen and oxygen atoms in total. The summed E-state index contributed by atoms with van der Waals surface area (Å²) < 4.78 is 2.83. The van der Waals surface area contributed by atoms with E-state index in [9.17, 15) is 9.90 Å². The van der Waals surface area contributed by atoms with Crippen LogP contribution in [0.5, 0.6) is 5.88 Å². The Morgan fingerprint density at radius 1 is 1.00 bits per heavy atom. The van der Waals surface area contributed by atoms with E-state index in [1.165, 1.54) is 40.0 Å². The van der Waals surface area contributed by atoms with Crippen molar-refractivity contribution in [2.75, 3.05) is 0 Å². The van der Waals surface area contributed by atoms with E-state index >= 15 is 0 Å². The van der Waals surface area contributed by atoms with Crippen LogP contribution in [0, 0.1) is 13.8 Å². The summed E-state index contributed by atoms with van der Waals surface area (Å²) >= 11 is 0. The van der Waals surface area contributed by atoms with Crippen LogP contribution >= 0.6 is 0 Å². The van der Waals surface area contributed by atoms with Crippen LogP contribution in [0.3, 0.4) is 0 Å². The van der Waals surface area contributed by atoms with E-state index in [0.717, 1.165) is 11.1 Å². The van der Waals surface area contributed by atoms with Gasteiger partial charge in [-0.15, -0.1) is 0 Å². The molecule has 0 amide bonds. The molecule has 3 heterocycles. The van der Waals surface area contributed by atoms with E-state index in [4.69, 9.17) is 5.11 Å². The Balaban J connectivity index is 1.43. The topological polar surface area (TPSA) is 119 Å². The van der Waals surface area contributed by atoms with Crippen LogP contribution in [0.1, 0.15) is 27.0 Å². The number of carbonyl (C=O) groups is 1. The zero-order valence-electron chi connectivity index (χ0n) is 18.0. The maximum Gasteiger partial charge on any atom is 0.338 e. The lowest BCUT2D eigenvalue weighted by molar-refractivity contribution is 0.0697. The lowest BCUT2D eigenvalue weighted by Crippen LogP contribution is -2.05. The highest BCUT2D eigenvalue weighted by molar-refractivity contribution is 5.87. The van der Waals surface area contributed by atoms with Crippen molar-refractivity contribution in [3.8, 4) is 23.0 Å². The van der Waals surface area contributed by atoms with Crippen molar-refractivity contribution in [3.63, 3.8) is 0 Å². The molecule has 5 aromatic rings. The summed E-state index contributed by atoms with van der Waals surface area (Å²) in [7, 11) is 0. The van der Waals surface area contributed by atoms with Gasteiger partial charge >= 0.3 is 5.97 Å². The van der Waals surface area contributed by atoms with Crippen molar-refractivity contribution < 1.29 is 15.0 Å². The molecule has 0 fully saturated rings. The van der Waals surface area contributed by atoms with Crippen LogP contribution in [0.2, 0.25) is 0 Å². The number of aromatic nitrogens is 6. The normalized spacial score (nSPS) is 11.2. The first-order chi connectivity index (χ1) is 15.9. The summed E-state index contributed by atoms with van der Waals surface area (Å²) in [6.07, 6.45) is 4.01. The highest BCUT2D eigenvalue weighted by Gasteiger charge is 2.16. The summed E-state index contributed by atoms with van der Waals surface area (Å²) in [5.74, 6) is -1.31. The van der Waals surface area contributed by atoms with Crippen LogP contribution in [0.25, 0.3) is 28.1 Å². The van der Waals surface area contributed by atoms with Gasteiger partial charge in [-0.1, -0.05) is 48.0 Å². The average Bonchev–Trinajstić information content (AvgIpc) is 3.43. The minimum atomic E-state index is -1.11. The fourth-order valence-corrected chi connectivity index (χ4v) is 3.83. The molecule has 0 saturated heterocycles. The lowest BCUT2D eigenvalue weighted by Gasteiger charge is -2.09. The van der Waals surface area contributed by atoms with E-state index in [1.54, 1.807) is 4.68 Å². The lowest BCUT2D eigenvalue weighted by atomic mass is 9.98. The largest absolute Gasteiger partial charge is 0.492 e.